The van der Waals surface area contributed by atoms with Crippen molar-refractivity contribution in [2.24, 2.45) is 0 Å². The van der Waals surface area contributed by atoms with Crippen molar-refractivity contribution in [1.29, 1.82) is 0 Å². The van der Waals surface area contributed by atoms with Gasteiger partial charge in [-0.25, -0.2) is 0 Å². The molecule has 1 amide bonds. The number of rotatable bonds is 2. The maximum atomic E-state index is 12.2. The van der Waals surface area contributed by atoms with Gasteiger partial charge in [-0.3, -0.25) is 4.79 Å². The molecule has 6 heteroatoms. The van der Waals surface area contributed by atoms with Crippen LogP contribution in [0.15, 0.2) is 18.2 Å². The Bertz CT molecular complexity index is 454. The first-order chi connectivity index (χ1) is 8.58. The average molecular weight is 324 g/mol. The molecule has 0 aromatic heterocycles. The van der Waals surface area contributed by atoms with Crippen molar-refractivity contribution in [3.63, 3.8) is 0 Å². The lowest BCUT2D eigenvalue weighted by molar-refractivity contribution is -0.133. The fourth-order valence-electron chi connectivity index (χ4n) is 2.14. The van der Waals surface area contributed by atoms with Gasteiger partial charge in [-0.05, 0) is 24.6 Å². The van der Waals surface area contributed by atoms with E-state index in [0.717, 1.165) is 25.2 Å². The van der Waals surface area contributed by atoms with Crippen molar-refractivity contribution in [3.8, 4) is 0 Å². The SMILES string of the molecule is C[C@@H]1CNCCN1C(=O)Cc1ccc(Cl)c(Cl)c1.Cl. The molecule has 0 bridgehead atoms. The molecular formula is C13H17Cl3N2O. The maximum Gasteiger partial charge on any atom is 0.227 e. The molecule has 1 aromatic carbocycles. The third kappa shape index (κ3) is 4.25. The highest BCUT2D eigenvalue weighted by atomic mass is 35.5. The molecule has 1 heterocycles. The Morgan fingerprint density at radius 2 is 2.16 bits per heavy atom. The summed E-state index contributed by atoms with van der Waals surface area (Å²) < 4.78 is 0. The average Bonchev–Trinajstić information content (AvgIpc) is 2.34. The van der Waals surface area contributed by atoms with Crippen LogP contribution in [0.5, 0.6) is 0 Å². The number of nitrogens with zero attached hydrogens (tertiary/aromatic N) is 1. The van der Waals surface area contributed by atoms with E-state index >= 15 is 0 Å². The Labute approximate surface area is 129 Å². The van der Waals surface area contributed by atoms with Crippen molar-refractivity contribution in [1.82, 2.24) is 10.2 Å². The molecular weight excluding hydrogens is 307 g/mol. The monoisotopic (exact) mass is 322 g/mol. The summed E-state index contributed by atoms with van der Waals surface area (Å²) >= 11 is 11.8. The lowest BCUT2D eigenvalue weighted by Crippen LogP contribution is -2.52. The van der Waals surface area contributed by atoms with Crippen molar-refractivity contribution >= 4 is 41.5 Å². The summed E-state index contributed by atoms with van der Waals surface area (Å²) in [6.45, 7) is 4.53. The topological polar surface area (TPSA) is 32.3 Å². The highest BCUT2D eigenvalue weighted by Gasteiger charge is 2.22. The van der Waals surface area contributed by atoms with E-state index in [0.29, 0.717) is 16.5 Å². The van der Waals surface area contributed by atoms with Crippen LogP contribution in [0, 0.1) is 0 Å². The quantitative estimate of drug-likeness (QED) is 0.907. The molecule has 106 valence electrons. The van der Waals surface area contributed by atoms with Crippen molar-refractivity contribution < 1.29 is 4.79 Å². The van der Waals surface area contributed by atoms with E-state index in [1.54, 1.807) is 12.1 Å². The van der Waals surface area contributed by atoms with Crippen LogP contribution in [-0.2, 0) is 11.2 Å². The molecule has 0 saturated carbocycles. The van der Waals surface area contributed by atoms with Gasteiger partial charge in [-0.1, -0.05) is 29.3 Å². The van der Waals surface area contributed by atoms with Crippen LogP contribution in [0.4, 0.5) is 0 Å². The minimum atomic E-state index is 0. The first kappa shape index (κ1) is 16.6. The van der Waals surface area contributed by atoms with Gasteiger partial charge < -0.3 is 10.2 Å². The second-order valence-electron chi connectivity index (χ2n) is 4.57. The van der Waals surface area contributed by atoms with Gasteiger partial charge in [0.15, 0.2) is 0 Å². The number of carbonyl (C=O) groups excluding carboxylic acids is 1. The van der Waals surface area contributed by atoms with E-state index < -0.39 is 0 Å². The Kier molecular flexibility index (Phi) is 6.40. The van der Waals surface area contributed by atoms with Crippen LogP contribution in [0.2, 0.25) is 10.0 Å². The Morgan fingerprint density at radius 3 is 2.79 bits per heavy atom. The van der Waals surface area contributed by atoms with E-state index in [9.17, 15) is 4.79 Å². The second-order valence-corrected chi connectivity index (χ2v) is 5.38. The van der Waals surface area contributed by atoms with E-state index in [2.05, 4.69) is 12.2 Å². The lowest BCUT2D eigenvalue weighted by atomic mass is 10.1. The van der Waals surface area contributed by atoms with Gasteiger partial charge >= 0.3 is 0 Å². The number of benzene rings is 1. The van der Waals surface area contributed by atoms with Crippen LogP contribution in [0.3, 0.4) is 0 Å². The van der Waals surface area contributed by atoms with Gasteiger partial charge in [0.25, 0.3) is 0 Å². The zero-order valence-electron chi connectivity index (χ0n) is 10.7. The summed E-state index contributed by atoms with van der Waals surface area (Å²) in [4.78, 5) is 14.1. The molecule has 1 aliphatic rings. The Balaban J connectivity index is 0.00000180. The number of hydrogen-bond donors (Lipinski definition) is 1. The van der Waals surface area contributed by atoms with Gasteiger partial charge in [0, 0.05) is 25.7 Å². The molecule has 1 aromatic rings. The molecule has 2 rings (SSSR count). The van der Waals surface area contributed by atoms with Crippen molar-refractivity contribution in [2.45, 2.75) is 19.4 Å². The van der Waals surface area contributed by atoms with Gasteiger partial charge in [0.2, 0.25) is 5.91 Å². The predicted molar refractivity (Wildman–Crippen MR) is 81.5 cm³/mol. The van der Waals surface area contributed by atoms with Gasteiger partial charge in [0.1, 0.15) is 0 Å². The summed E-state index contributed by atoms with van der Waals surface area (Å²) in [6, 6.07) is 5.58. The molecule has 19 heavy (non-hydrogen) atoms. The maximum absolute atomic E-state index is 12.2. The number of nitrogens with one attached hydrogen (secondary N) is 1. The molecule has 1 aliphatic heterocycles. The first-order valence-electron chi connectivity index (χ1n) is 6.02. The minimum Gasteiger partial charge on any atom is -0.337 e. The van der Waals surface area contributed by atoms with Gasteiger partial charge in [-0.15, -0.1) is 12.4 Å². The molecule has 3 nitrogen and oxygen atoms in total. The standard InChI is InChI=1S/C13H16Cl2N2O.ClH/c1-9-8-16-4-5-17(9)13(18)7-10-2-3-11(14)12(15)6-10;/h2-3,6,9,16H,4-5,7-8H2,1H3;1H/t9-;/m1./s1. The van der Waals surface area contributed by atoms with Gasteiger partial charge in [-0.2, -0.15) is 0 Å². The summed E-state index contributed by atoms with van der Waals surface area (Å²) in [5.41, 5.74) is 0.903. The predicted octanol–water partition coefficient (Wildman–Crippen LogP) is 2.78. The van der Waals surface area contributed by atoms with Gasteiger partial charge in [0.05, 0.1) is 16.5 Å². The summed E-state index contributed by atoms with van der Waals surface area (Å²) in [5, 5.41) is 4.28. The Hall–Kier alpha value is -0.480. The third-order valence-corrected chi connectivity index (χ3v) is 3.90. The summed E-state index contributed by atoms with van der Waals surface area (Å²) in [6.07, 6.45) is 0.376. The minimum absolute atomic E-state index is 0. The number of piperazine rings is 1. The second kappa shape index (κ2) is 7.34. The van der Waals surface area contributed by atoms with Crippen LogP contribution in [0.25, 0.3) is 0 Å². The summed E-state index contributed by atoms with van der Waals surface area (Å²) in [5.74, 6) is 0.141. The molecule has 0 unspecified atom stereocenters. The highest BCUT2D eigenvalue weighted by molar-refractivity contribution is 6.42. The van der Waals surface area contributed by atoms with Crippen LogP contribution >= 0.6 is 35.6 Å². The lowest BCUT2D eigenvalue weighted by Gasteiger charge is -2.34. The zero-order chi connectivity index (χ0) is 13.1. The molecule has 0 spiro atoms. The van der Waals surface area contributed by atoms with Crippen molar-refractivity contribution in [3.05, 3.63) is 33.8 Å². The van der Waals surface area contributed by atoms with Crippen LogP contribution in [-0.4, -0.2) is 36.5 Å². The van der Waals surface area contributed by atoms with Crippen LogP contribution in [0.1, 0.15) is 12.5 Å². The Morgan fingerprint density at radius 1 is 1.42 bits per heavy atom. The number of carbonyl (C=O) groups is 1. The van der Waals surface area contributed by atoms with Crippen LogP contribution < -0.4 is 5.32 Å². The number of amides is 1. The largest absolute Gasteiger partial charge is 0.337 e. The zero-order valence-corrected chi connectivity index (χ0v) is 13.0. The normalized spacial score (nSPS) is 18.9. The molecule has 1 N–H and O–H groups in total. The molecule has 0 radical (unpaired) electrons. The number of halogens is 3. The van der Waals surface area contributed by atoms with E-state index in [4.69, 9.17) is 23.2 Å². The molecule has 1 saturated heterocycles. The summed E-state index contributed by atoms with van der Waals surface area (Å²) in [7, 11) is 0. The van der Waals surface area contributed by atoms with E-state index in [1.807, 2.05) is 11.0 Å². The molecule has 0 aliphatic carbocycles. The molecule has 1 atom stereocenters. The number of hydrogen-bond acceptors (Lipinski definition) is 2. The highest BCUT2D eigenvalue weighted by Crippen LogP contribution is 2.23. The fourth-order valence-corrected chi connectivity index (χ4v) is 2.46. The van der Waals surface area contributed by atoms with Crippen molar-refractivity contribution in [2.75, 3.05) is 19.6 Å². The van der Waals surface area contributed by atoms with E-state index in [1.165, 1.54) is 0 Å². The fraction of sp³-hybridized carbons (Fsp3) is 0.462. The smallest absolute Gasteiger partial charge is 0.227 e. The molecule has 1 fully saturated rings. The third-order valence-electron chi connectivity index (χ3n) is 3.16. The first-order valence-corrected chi connectivity index (χ1v) is 6.77. The van der Waals surface area contributed by atoms with E-state index in [-0.39, 0.29) is 24.4 Å².